The lowest BCUT2D eigenvalue weighted by Crippen LogP contribution is -2.36. The quantitative estimate of drug-likeness (QED) is 0.588. The summed E-state index contributed by atoms with van der Waals surface area (Å²) in [5.74, 6) is -0.0693. The highest BCUT2D eigenvalue weighted by Gasteiger charge is 2.23. The molecule has 5 nitrogen and oxygen atoms in total. The number of unbranched alkanes of at least 4 members (excludes halogenated alkanes) is 8. The van der Waals surface area contributed by atoms with Crippen molar-refractivity contribution in [2.45, 2.75) is 70.8 Å². The molecule has 1 heterocycles. The smallest absolute Gasteiger partial charge is 0.407 e. The van der Waals surface area contributed by atoms with Crippen LogP contribution in [0.3, 0.4) is 0 Å². The molecular weight excluding hydrogens is 302 g/mol. The Labute approximate surface area is 134 Å². The van der Waals surface area contributed by atoms with Gasteiger partial charge < -0.3 is 10.1 Å². The maximum absolute atomic E-state index is 11.5. The van der Waals surface area contributed by atoms with Crippen molar-refractivity contribution in [1.29, 1.82) is 0 Å². The number of nitrogens with one attached hydrogen (secondary N) is 1. The van der Waals surface area contributed by atoms with Crippen LogP contribution in [0.4, 0.5) is 4.79 Å². The first-order chi connectivity index (χ1) is 10.5. The maximum Gasteiger partial charge on any atom is 0.407 e. The molecule has 0 aliphatic carbocycles. The fraction of sp³-hybridized carbons (Fsp3) is 0.812. The van der Waals surface area contributed by atoms with E-state index >= 15 is 0 Å². The number of rotatable bonds is 11. The highest BCUT2D eigenvalue weighted by Crippen LogP contribution is 2.10. The van der Waals surface area contributed by atoms with Crippen LogP contribution in [0, 0.1) is 0 Å². The Bertz CT molecular complexity index is 445. The van der Waals surface area contributed by atoms with E-state index in [4.69, 9.17) is 4.74 Å². The first-order valence-electron chi connectivity index (χ1n) is 8.38. The number of carbonyl (C=O) groups excluding carboxylic acids is 1. The van der Waals surface area contributed by atoms with E-state index in [2.05, 4.69) is 12.2 Å². The Morgan fingerprint density at radius 1 is 1.09 bits per heavy atom. The molecule has 0 radical (unpaired) electrons. The molecule has 1 atom stereocenters. The van der Waals surface area contributed by atoms with Crippen LogP contribution in [-0.2, 0) is 14.6 Å². The van der Waals surface area contributed by atoms with Gasteiger partial charge in [0.05, 0.1) is 18.4 Å². The SMILES string of the molecule is CCCCCCCCCCCOC(=O)NC1C=CS(=O)(=O)C1. The van der Waals surface area contributed by atoms with Gasteiger partial charge in [-0.1, -0.05) is 58.3 Å². The van der Waals surface area contributed by atoms with Gasteiger partial charge in [-0.3, -0.25) is 0 Å². The molecule has 1 N–H and O–H groups in total. The Morgan fingerprint density at radius 2 is 1.68 bits per heavy atom. The fourth-order valence-corrected chi connectivity index (χ4v) is 3.67. The Hall–Kier alpha value is -1.04. The Balaban J connectivity index is 1.90. The molecule has 1 amide bonds. The molecule has 0 spiro atoms. The summed E-state index contributed by atoms with van der Waals surface area (Å²) in [6.45, 7) is 2.61. The Morgan fingerprint density at radius 3 is 2.23 bits per heavy atom. The van der Waals surface area contributed by atoms with E-state index in [1.165, 1.54) is 51.0 Å². The van der Waals surface area contributed by atoms with Crippen LogP contribution in [-0.4, -0.2) is 32.9 Å². The Kier molecular flexibility index (Phi) is 9.20. The minimum atomic E-state index is -3.14. The van der Waals surface area contributed by atoms with Gasteiger partial charge in [-0.15, -0.1) is 0 Å². The average Bonchev–Trinajstić information content (AvgIpc) is 2.80. The first kappa shape index (κ1) is 19.0. The summed E-state index contributed by atoms with van der Waals surface area (Å²) in [4.78, 5) is 11.5. The number of carbonyl (C=O) groups is 1. The second-order valence-corrected chi connectivity index (χ2v) is 7.80. The number of hydrogen-bond acceptors (Lipinski definition) is 4. The lowest BCUT2D eigenvalue weighted by molar-refractivity contribution is 0.142. The molecule has 0 aromatic rings. The topological polar surface area (TPSA) is 72.5 Å². The van der Waals surface area contributed by atoms with Crippen LogP contribution in [0.25, 0.3) is 0 Å². The zero-order valence-electron chi connectivity index (χ0n) is 13.6. The summed E-state index contributed by atoms with van der Waals surface area (Å²) < 4.78 is 27.4. The van der Waals surface area contributed by atoms with E-state index < -0.39 is 22.0 Å². The van der Waals surface area contributed by atoms with Crippen LogP contribution < -0.4 is 5.32 Å². The van der Waals surface area contributed by atoms with Crippen molar-refractivity contribution in [2.24, 2.45) is 0 Å². The zero-order chi connectivity index (χ0) is 16.3. The molecule has 0 saturated carbocycles. The summed E-state index contributed by atoms with van der Waals surface area (Å²) in [5, 5.41) is 3.68. The van der Waals surface area contributed by atoms with E-state index in [1.807, 2.05) is 0 Å². The third-order valence-electron chi connectivity index (χ3n) is 3.71. The first-order valence-corrected chi connectivity index (χ1v) is 10.1. The third kappa shape index (κ3) is 9.07. The monoisotopic (exact) mass is 331 g/mol. The second kappa shape index (κ2) is 10.6. The molecule has 1 aliphatic heterocycles. The molecule has 0 saturated heterocycles. The van der Waals surface area contributed by atoms with E-state index in [-0.39, 0.29) is 5.75 Å². The summed E-state index contributed by atoms with van der Waals surface area (Å²) in [7, 11) is -3.14. The molecule has 0 bridgehead atoms. The van der Waals surface area contributed by atoms with Crippen molar-refractivity contribution in [3.63, 3.8) is 0 Å². The number of hydrogen-bond donors (Lipinski definition) is 1. The molecule has 1 unspecified atom stereocenters. The highest BCUT2D eigenvalue weighted by molar-refractivity contribution is 7.94. The molecule has 1 aliphatic rings. The summed E-state index contributed by atoms with van der Waals surface area (Å²) in [6, 6.07) is -0.458. The molecule has 0 aromatic carbocycles. The van der Waals surface area contributed by atoms with Crippen molar-refractivity contribution in [3.8, 4) is 0 Å². The van der Waals surface area contributed by atoms with Crippen molar-refractivity contribution < 1.29 is 17.9 Å². The minimum absolute atomic E-state index is 0.0693. The second-order valence-electron chi connectivity index (χ2n) is 5.87. The van der Waals surface area contributed by atoms with Gasteiger partial charge in [-0.25, -0.2) is 13.2 Å². The van der Waals surface area contributed by atoms with Gasteiger partial charge in [0.2, 0.25) is 0 Å². The lowest BCUT2D eigenvalue weighted by Gasteiger charge is -2.10. The van der Waals surface area contributed by atoms with Gasteiger partial charge in [0, 0.05) is 5.41 Å². The van der Waals surface area contributed by atoms with Gasteiger partial charge in [0.15, 0.2) is 9.84 Å². The van der Waals surface area contributed by atoms with Crippen LogP contribution in [0.2, 0.25) is 0 Å². The molecule has 128 valence electrons. The van der Waals surface area contributed by atoms with Gasteiger partial charge in [-0.2, -0.15) is 0 Å². The van der Waals surface area contributed by atoms with Crippen molar-refractivity contribution in [1.82, 2.24) is 5.32 Å². The van der Waals surface area contributed by atoms with E-state index in [0.717, 1.165) is 18.2 Å². The van der Waals surface area contributed by atoms with E-state index in [9.17, 15) is 13.2 Å². The highest BCUT2D eigenvalue weighted by atomic mass is 32.2. The predicted octanol–water partition coefficient (Wildman–Crippen LogP) is 3.55. The van der Waals surface area contributed by atoms with Crippen molar-refractivity contribution in [2.75, 3.05) is 12.4 Å². The van der Waals surface area contributed by atoms with Crippen LogP contribution in [0.15, 0.2) is 11.5 Å². The molecule has 6 heteroatoms. The minimum Gasteiger partial charge on any atom is -0.450 e. The molecule has 1 rings (SSSR count). The van der Waals surface area contributed by atoms with Gasteiger partial charge in [0.1, 0.15) is 0 Å². The third-order valence-corrected chi connectivity index (χ3v) is 5.11. The number of ether oxygens (including phenoxy) is 1. The van der Waals surface area contributed by atoms with E-state index in [1.54, 1.807) is 0 Å². The molecule has 0 fully saturated rings. The largest absolute Gasteiger partial charge is 0.450 e. The van der Waals surface area contributed by atoms with Crippen LogP contribution in [0.1, 0.15) is 64.7 Å². The molecule has 22 heavy (non-hydrogen) atoms. The van der Waals surface area contributed by atoms with Crippen molar-refractivity contribution in [3.05, 3.63) is 11.5 Å². The summed E-state index contributed by atoms with van der Waals surface area (Å²) in [5.41, 5.74) is 0. The van der Waals surface area contributed by atoms with Crippen molar-refractivity contribution >= 4 is 15.9 Å². The fourth-order valence-electron chi connectivity index (χ4n) is 2.44. The van der Waals surface area contributed by atoms with Crippen LogP contribution in [0.5, 0.6) is 0 Å². The van der Waals surface area contributed by atoms with Gasteiger partial charge >= 0.3 is 6.09 Å². The van der Waals surface area contributed by atoms with E-state index in [0.29, 0.717) is 6.61 Å². The number of amides is 1. The zero-order valence-corrected chi connectivity index (χ0v) is 14.4. The molecular formula is C16H29NO4S. The maximum atomic E-state index is 11.5. The summed E-state index contributed by atoms with van der Waals surface area (Å²) >= 11 is 0. The number of sulfone groups is 1. The average molecular weight is 331 g/mol. The van der Waals surface area contributed by atoms with Crippen LogP contribution >= 0.6 is 0 Å². The predicted molar refractivity (Wildman–Crippen MR) is 88.4 cm³/mol. The van der Waals surface area contributed by atoms with Gasteiger partial charge in [-0.05, 0) is 12.5 Å². The molecule has 0 aromatic heterocycles. The normalized spacial score (nSPS) is 19.2. The standard InChI is InChI=1S/C16H29NO4S/c1-2-3-4-5-6-7-8-9-10-12-21-16(18)17-15-11-13-22(19,20)14-15/h11,13,15H,2-10,12,14H2,1H3,(H,17,18). The lowest BCUT2D eigenvalue weighted by atomic mass is 10.1. The number of alkyl carbamates (subject to hydrolysis) is 1. The van der Waals surface area contributed by atoms with Gasteiger partial charge in [0.25, 0.3) is 0 Å². The summed E-state index contributed by atoms with van der Waals surface area (Å²) in [6.07, 6.45) is 11.9.